The Morgan fingerprint density at radius 2 is 0.771 bits per heavy atom. The second kappa shape index (κ2) is 25.9. The monoisotopic (exact) mass is 674 g/mol. The van der Waals surface area contributed by atoms with Crippen molar-refractivity contribution in [2.24, 2.45) is 0 Å². The molecule has 2 aromatic carbocycles. The van der Waals surface area contributed by atoms with Crippen molar-refractivity contribution in [2.75, 3.05) is 13.2 Å². The molecule has 12 heteroatoms. The number of hydrogen-bond donors (Lipinski definition) is 0. The van der Waals surface area contributed by atoms with Crippen LogP contribution in [0.25, 0.3) is 0 Å². The fourth-order valence-corrected chi connectivity index (χ4v) is 4.60. The number of unbranched alkanes of at least 4 members (excludes halogenated alkanes) is 11. The number of benzene rings is 2. The lowest BCUT2D eigenvalue weighted by molar-refractivity contribution is -0.452. The Hall–Kier alpha value is -4.16. The van der Waals surface area contributed by atoms with Gasteiger partial charge in [0.05, 0.1) is 34.4 Å². The van der Waals surface area contributed by atoms with Crippen LogP contribution in [0.5, 0.6) is 0 Å². The van der Waals surface area contributed by atoms with Crippen LogP contribution in [0.4, 0.5) is 9.59 Å². The van der Waals surface area contributed by atoms with E-state index in [2.05, 4.69) is 43.5 Å². The van der Waals surface area contributed by atoms with Gasteiger partial charge in [-0.15, -0.1) is 0 Å². The summed E-state index contributed by atoms with van der Waals surface area (Å²) in [4.78, 5) is 64.6. The van der Waals surface area contributed by atoms with Crippen molar-refractivity contribution >= 4 is 24.2 Å². The molecule has 0 bridgehead atoms. The number of ether oxygens (including phenoxy) is 2. The van der Waals surface area contributed by atoms with E-state index in [0.29, 0.717) is 12.8 Å². The third kappa shape index (κ3) is 18.9. The highest BCUT2D eigenvalue weighted by Crippen LogP contribution is 2.13. The zero-order valence-electron chi connectivity index (χ0n) is 28.2. The fraction of sp³-hybridized carbons (Fsp3) is 0.556. The molecular formula is C36H50O12. The SMILES string of the molecule is CCCCc1ccc(C(=O)OOOC(=O)OCCCCCCCCCCCCOC(=O)OOOC(=O)c2ccc(CCCC)cc2)cc1. The molecule has 2 rings (SSSR count). The van der Waals surface area contributed by atoms with E-state index in [1.165, 1.54) is 0 Å². The topological polar surface area (TPSA) is 142 Å². The van der Waals surface area contributed by atoms with Gasteiger partial charge in [-0.1, -0.05) is 102 Å². The molecule has 266 valence electrons. The van der Waals surface area contributed by atoms with Gasteiger partial charge in [0.25, 0.3) is 0 Å². The van der Waals surface area contributed by atoms with Gasteiger partial charge in [-0.2, -0.15) is 0 Å². The Morgan fingerprint density at radius 1 is 0.438 bits per heavy atom. The lowest BCUT2D eigenvalue weighted by Crippen LogP contribution is -2.12. The van der Waals surface area contributed by atoms with Crippen LogP contribution >= 0.6 is 0 Å². The molecule has 0 atom stereocenters. The normalized spacial score (nSPS) is 10.6. The van der Waals surface area contributed by atoms with Crippen LogP contribution < -0.4 is 0 Å². The van der Waals surface area contributed by atoms with Crippen molar-refractivity contribution in [1.29, 1.82) is 0 Å². The average Bonchev–Trinajstić information content (AvgIpc) is 3.10. The van der Waals surface area contributed by atoms with E-state index in [1.54, 1.807) is 24.3 Å². The van der Waals surface area contributed by atoms with Crippen LogP contribution in [-0.4, -0.2) is 37.5 Å². The van der Waals surface area contributed by atoms with Gasteiger partial charge in [0.1, 0.15) is 0 Å². The number of carbonyl (C=O) groups excluding carboxylic acids is 4. The summed E-state index contributed by atoms with van der Waals surface area (Å²) in [7, 11) is 0. The smallest absolute Gasteiger partial charge is 0.432 e. The van der Waals surface area contributed by atoms with Gasteiger partial charge in [0.15, 0.2) is 0 Å². The Kier molecular flexibility index (Phi) is 21.6. The van der Waals surface area contributed by atoms with E-state index in [1.807, 2.05) is 24.3 Å². The van der Waals surface area contributed by atoms with Crippen LogP contribution in [0.1, 0.15) is 136 Å². The molecule has 0 saturated heterocycles. The molecule has 0 aliphatic carbocycles. The van der Waals surface area contributed by atoms with Crippen molar-refractivity contribution in [2.45, 2.75) is 117 Å². The van der Waals surface area contributed by atoms with Crippen molar-refractivity contribution in [3.05, 3.63) is 70.8 Å². The molecule has 0 aliphatic rings. The molecule has 0 heterocycles. The Labute approximate surface area is 283 Å². The van der Waals surface area contributed by atoms with E-state index >= 15 is 0 Å². The molecule has 2 aromatic rings. The predicted molar refractivity (Wildman–Crippen MR) is 174 cm³/mol. The molecular weight excluding hydrogens is 624 g/mol. The van der Waals surface area contributed by atoms with Gasteiger partial charge >= 0.3 is 24.2 Å². The number of hydrogen-bond acceptors (Lipinski definition) is 12. The van der Waals surface area contributed by atoms with Crippen molar-refractivity contribution in [1.82, 2.24) is 0 Å². The maximum Gasteiger partial charge on any atom is 0.543 e. The van der Waals surface area contributed by atoms with E-state index in [4.69, 9.17) is 9.47 Å². The lowest BCUT2D eigenvalue weighted by atomic mass is 10.1. The first-order valence-corrected chi connectivity index (χ1v) is 17.0. The number of aryl methyl sites for hydroxylation is 2. The van der Waals surface area contributed by atoms with E-state index in [-0.39, 0.29) is 24.3 Å². The summed E-state index contributed by atoms with van der Waals surface area (Å²) in [6.45, 7) is 4.58. The highest BCUT2D eigenvalue weighted by molar-refractivity contribution is 5.89. The Balaban J connectivity index is 1.33. The van der Waals surface area contributed by atoms with Crippen molar-refractivity contribution in [3.8, 4) is 0 Å². The molecule has 0 unspecified atom stereocenters. The van der Waals surface area contributed by atoms with Gasteiger partial charge in [0, 0.05) is 0 Å². The van der Waals surface area contributed by atoms with Gasteiger partial charge < -0.3 is 9.47 Å². The van der Waals surface area contributed by atoms with Crippen molar-refractivity contribution < 1.29 is 58.3 Å². The minimum absolute atomic E-state index is 0.176. The molecule has 0 spiro atoms. The summed E-state index contributed by atoms with van der Waals surface area (Å²) in [5, 5.41) is 8.51. The van der Waals surface area contributed by atoms with Crippen LogP contribution in [0.15, 0.2) is 48.5 Å². The van der Waals surface area contributed by atoms with E-state index in [9.17, 15) is 19.2 Å². The minimum atomic E-state index is -1.08. The molecule has 0 saturated carbocycles. The Bertz CT molecular complexity index is 1090. The zero-order chi connectivity index (χ0) is 34.7. The minimum Gasteiger partial charge on any atom is -0.432 e. The maximum absolute atomic E-state index is 11.9. The zero-order valence-corrected chi connectivity index (χ0v) is 28.2. The molecule has 0 amide bonds. The van der Waals surface area contributed by atoms with Crippen molar-refractivity contribution in [3.63, 3.8) is 0 Å². The molecule has 0 aliphatic heterocycles. The van der Waals surface area contributed by atoms with E-state index < -0.39 is 24.2 Å². The maximum atomic E-state index is 11.9. The highest BCUT2D eigenvalue weighted by Gasteiger charge is 2.13. The summed E-state index contributed by atoms with van der Waals surface area (Å²) in [6.07, 6.45) is 13.6. The first-order chi connectivity index (χ1) is 23.4. The van der Waals surface area contributed by atoms with Gasteiger partial charge in [-0.3, -0.25) is 9.78 Å². The molecule has 0 radical (unpaired) electrons. The third-order valence-corrected chi connectivity index (χ3v) is 7.42. The summed E-state index contributed by atoms with van der Waals surface area (Å²) in [5.41, 5.74) is 2.82. The molecule has 48 heavy (non-hydrogen) atoms. The largest absolute Gasteiger partial charge is 0.543 e. The number of rotatable bonds is 25. The second-order valence-electron chi connectivity index (χ2n) is 11.4. The van der Waals surface area contributed by atoms with Gasteiger partial charge in [-0.25, -0.2) is 29.0 Å². The third-order valence-electron chi connectivity index (χ3n) is 7.42. The van der Waals surface area contributed by atoms with Gasteiger partial charge in [0.2, 0.25) is 0 Å². The second-order valence-corrected chi connectivity index (χ2v) is 11.4. The van der Waals surface area contributed by atoms with Crippen LogP contribution in [0.3, 0.4) is 0 Å². The molecule has 12 nitrogen and oxygen atoms in total. The summed E-state index contributed by atoms with van der Waals surface area (Å²) in [5.74, 6) is -1.55. The summed E-state index contributed by atoms with van der Waals surface area (Å²) >= 11 is 0. The fourth-order valence-electron chi connectivity index (χ4n) is 4.60. The van der Waals surface area contributed by atoms with Gasteiger partial charge in [-0.05, 0) is 73.9 Å². The van der Waals surface area contributed by atoms with Crippen LogP contribution in [-0.2, 0) is 51.9 Å². The standard InChI is InChI=1S/C36H50O12/c1-3-5-17-29-19-23-31(24-20-29)33(37)43-47-45-35(39)41-27-15-13-11-9-7-8-10-12-14-16-28-42-36(40)46-48-44-34(38)32-25-21-30(22-26-32)18-6-4-2/h19-26H,3-18,27-28H2,1-2H3. The molecule has 0 aromatic heterocycles. The first kappa shape index (κ1) is 40.0. The molecule has 0 fully saturated rings. The summed E-state index contributed by atoms with van der Waals surface area (Å²) in [6, 6.07) is 13.9. The van der Waals surface area contributed by atoms with Crippen LogP contribution in [0.2, 0.25) is 0 Å². The molecule has 0 N–H and O–H groups in total. The Morgan fingerprint density at radius 3 is 1.10 bits per heavy atom. The quantitative estimate of drug-likeness (QED) is 0.0428. The van der Waals surface area contributed by atoms with E-state index in [0.717, 1.165) is 101 Å². The first-order valence-electron chi connectivity index (χ1n) is 17.0. The average molecular weight is 675 g/mol. The van der Waals surface area contributed by atoms with Crippen LogP contribution in [0, 0.1) is 0 Å². The summed E-state index contributed by atoms with van der Waals surface area (Å²) < 4.78 is 9.81. The lowest BCUT2D eigenvalue weighted by Gasteiger charge is -2.06. The highest BCUT2D eigenvalue weighted by atomic mass is 17.5. The predicted octanol–water partition coefficient (Wildman–Crippen LogP) is 9.29. The number of carbonyl (C=O) groups is 4.